The normalized spacial score (nSPS) is 9.86. The summed E-state index contributed by atoms with van der Waals surface area (Å²) >= 11 is 9.80. The predicted octanol–water partition coefficient (Wildman–Crippen LogP) is 8.15. The van der Waals surface area contributed by atoms with E-state index in [1.807, 2.05) is 0 Å². The Balaban J connectivity index is -0.000000192. The molecule has 0 aliphatic carbocycles. The van der Waals surface area contributed by atoms with Gasteiger partial charge in [-0.05, 0) is 0 Å². The average molecular weight is 646 g/mol. The van der Waals surface area contributed by atoms with Gasteiger partial charge in [-0.3, -0.25) is 0 Å². The van der Waals surface area contributed by atoms with Gasteiger partial charge in [0.25, 0.3) is 0 Å². The summed E-state index contributed by atoms with van der Waals surface area (Å²) in [6, 6.07) is 0. The Morgan fingerprint density at radius 2 is 0.500 bits per heavy atom. The first-order chi connectivity index (χ1) is 12.8. The molecule has 0 fully saturated rings. The van der Waals surface area contributed by atoms with Crippen LogP contribution in [0.5, 0.6) is 0 Å². The van der Waals surface area contributed by atoms with Crippen LogP contribution in [0.4, 0.5) is 0 Å². The van der Waals surface area contributed by atoms with Crippen LogP contribution in [0.1, 0.15) is 142 Å². The Morgan fingerprint density at radius 3 is 0.679 bits per heavy atom. The number of hydrogen-bond donors (Lipinski definition) is 0. The Morgan fingerprint density at radius 1 is 0.321 bits per heavy atom. The Kier molecular flexibility index (Phi) is 53.5. The SMILES string of the molecule is CCCCCCCCCCCC[S-].CCCCCCCCCCCC[S-].[Sb+].[Sb+]. The fraction of sp³-hybridized carbons (Fsp3) is 1.00. The molecule has 0 unspecified atom stereocenters. The summed E-state index contributed by atoms with van der Waals surface area (Å²) in [6.07, 6.45) is 28.1. The van der Waals surface area contributed by atoms with Crippen LogP contribution in [0, 0.1) is 0 Å². The van der Waals surface area contributed by atoms with Crippen molar-refractivity contribution in [3.63, 3.8) is 0 Å². The fourth-order valence-electron chi connectivity index (χ4n) is 3.18. The molecule has 8 radical (unpaired) electrons. The van der Waals surface area contributed by atoms with Gasteiger partial charge < -0.3 is 25.3 Å². The molecular weight excluding hydrogens is 596 g/mol. The van der Waals surface area contributed by atoms with E-state index < -0.39 is 0 Å². The topological polar surface area (TPSA) is 0 Å². The van der Waals surface area contributed by atoms with Crippen molar-refractivity contribution in [3.05, 3.63) is 0 Å². The monoisotopic (exact) mass is 644 g/mol. The molecule has 0 aromatic carbocycles. The molecule has 0 amide bonds. The molecule has 0 saturated heterocycles. The molecule has 28 heavy (non-hydrogen) atoms. The van der Waals surface area contributed by atoms with Crippen LogP contribution in [0.25, 0.3) is 0 Å². The molecule has 0 aromatic heterocycles. The van der Waals surface area contributed by atoms with Gasteiger partial charge in [0, 0.05) is 0 Å². The van der Waals surface area contributed by atoms with E-state index in [0.717, 1.165) is 11.5 Å². The molecule has 0 aliphatic heterocycles. The van der Waals surface area contributed by atoms with Crippen LogP contribution < -0.4 is 0 Å². The van der Waals surface area contributed by atoms with E-state index in [1.165, 1.54) is 128 Å². The standard InChI is InChI=1S/2C12H26S.2Sb/c2*1-2-3-4-5-6-7-8-9-10-11-12-13;;/h2*13H,2-12H2,1H3;;/q;;2*+1/p-2. The Hall–Kier alpha value is 2.34. The first-order valence-corrected chi connectivity index (χ1v) is 13.1. The van der Waals surface area contributed by atoms with Gasteiger partial charge in [-0.25, -0.2) is 0 Å². The average Bonchev–Trinajstić information content (AvgIpc) is 2.66. The van der Waals surface area contributed by atoms with Gasteiger partial charge in [0.1, 0.15) is 0 Å². The number of rotatable bonds is 20. The van der Waals surface area contributed by atoms with E-state index in [4.69, 9.17) is 25.3 Å². The maximum atomic E-state index is 4.90. The second kappa shape index (κ2) is 39.8. The molecule has 0 rings (SSSR count). The molecule has 0 aliphatic rings. The van der Waals surface area contributed by atoms with Crippen molar-refractivity contribution in [2.45, 2.75) is 142 Å². The molecule has 168 valence electrons. The summed E-state index contributed by atoms with van der Waals surface area (Å²) in [5.74, 6) is 1.91. The molecule has 0 aromatic rings. The summed E-state index contributed by atoms with van der Waals surface area (Å²) in [7, 11) is 0. The third kappa shape index (κ3) is 42.4. The third-order valence-corrected chi connectivity index (χ3v) is 5.57. The van der Waals surface area contributed by atoms with Crippen LogP contribution in [-0.4, -0.2) is 60.4 Å². The zero-order valence-electron chi connectivity index (χ0n) is 19.3. The van der Waals surface area contributed by atoms with Gasteiger partial charge in [0.05, 0.1) is 0 Å². The van der Waals surface area contributed by atoms with Crippen molar-refractivity contribution in [2.75, 3.05) is 11.5 Å². The fourth-order valence-corrected chi connectivity index (χ4v) is 3.59. The van der Waals surface area contributed by atoms with Gasteiger partial charge >= 0.3 is 48.9 Å². The van der Waals surface area contributed by atoms with Crippen molar-refractivity contribution in [2.24, 2.45) is 0 Å². The minimum atomic E-state index is 0. The molecule has 0 heterocycles. The quantitative estimate of drug-likeness (QED) is 0.0745. The molecule has 0 N–H and O–H groups in total. The van der Waals surface area contributed by atoms with Crippen molar-refractivity contribution in [1.82, 2.24) is 0 Å². The third-order valence-electron chi connectivity index (χ3n) is 5.00. The van der Waals surface area contributed by atoms with E-state index >= 15 is 0 Å². The maximum absolute atomic E-state index is 4.90. The van der Waals surface area contributed by atoms with Gasteiger partial charge in [-0.1, -0.05) is 142 Å². The largest absolute Gasteiger partial charge is 1.00 e. The van der Waals surface area contributed by atoms with E-state index in [0.29, 0.717) is 0 Å². The van der Waals surface area contributed by atoms with Gasteiger partial charge in [-0.15, -0.1) is 0 Å². The van der Waals surface area contributed by atoms with Gasteiger partial charge in [0.15, 0.2) is 0 Å². The van der Waals surface area contributed by atoms with Crippen molar-refractivity contribution in [1.29, 1.82) is 0 Å². The Bertz CT molecular complexity index is 175. The molecule has 0 saturated carbocycles. The van der Waals surface area contributed by atoms with E-state index in [1.54, 1.807) is 0 Å². The molecular formula is C24H50S2Sb2. The van der Waals surface area contributed by atoms with E-state index in [-0.39, 0.29) is 48.9 Å². The van der Waals surface area contributed by atoms with Crippen LogP contribution in [0.3, 0.4) is 0 Å². The molecule has 0 atom stereocenters. The van der Waals surface area contributed by atoms with Crippen molar-refractivity contribution in [3.8, 4) is 0 Å². The first kappa shape index (κ1) is 37.6. The zero-order chi connectivity index (χ0) is 19.6. The number of hydrogen-bond acceptors (Lipinski definition) is 2. The van der Waals surface area contributed by atoms with Crippen molar-refractivity contribution < 1.29 is 0 Å². The predicted molar refractivity (Wildman–Crippen MR) is 140 cm³/mol. The second-order valence-corrected chi connectivity index (χ2v) is 8.59. The minimum absolute atomic E-state index is 0. The zero-order valence-corrected chi connectivity index (χ0v) is 26.0. The minimum Gasteiger partial charge on any atom is -0.793 e. The summed E-state index contributed by atoms with van der Waals surface area (Å²) in [5.41, 5.74) is 0. The molecule has 4 heteroatoms. The number of unbranched alkanes of at least 4 members (excludes halogenated alkanes) is 18. The Labute approximate surface area is 226 Å². The van der Waals surface area contributed by atoms with Crippen molar-refractivity contribution >= 4 is 74.1 Å². The summed E-state index contributed by atoms with van der Waals surface area (Å²) < 4.78 is 0. The molecule has 0 nitrogen and oxygen atoms in total. The first-order valence-electron chi connectivity index (χ1n) is 12.0. The summed E-state index contributed by atoms with van der Waals surface area (Å²) in [5, 5.41) is 0. The van der Waals surface area contributed by atoms with Crippen LogP contribution >= 0.6 is 0 Å². The van der Waals surface area contributed by atoms with E-state index in [9.17, 15) is 0 Å². The van der Waals surface area contributed by atoms with Gasteiger partial charge in [0.2, 0.25) is 0 Å². The van der Waals surface area contributed by atoms with E-state index in [2.05, 4.69) is 13.8 Å². The molecule has 0 bridgehead atoms. The molecule has 0 spiro atoms. The summed E-state index contributed by atoms with van der Waals surface area (Å²) in [6.45, 7) is 4.55. The maximum Gasteiger partial charge on any atom is 1.00 e. The van der Waals surface area contributed by atoms with Crippen LogP contribution in [0.2, 0.25) is 0 Å². The van der Waals surface area contributed by atoms with Gasteiger partial charge in [-0.2, -0.15) is 11.5 Å². The second-order valence-electron chi connectivity index (χ2n) is 7.77. The van der Waals surface area contributed by atoms with Crippen LogP contribution in [0.15, 0.2) is 0 Å². The summed E-state index contributed by atoms with van der Waals surface area (Å²) in [4.78, 5) is 0. The van der Waals surface area contributed by atoms with Crippen LogP contribution in [-0.2, 0) is 25.3 Å². The smallest absolute Gasteiger partial charge is 0.793 e.